The molecule has 0 heterocycles. The number of quaternary nitrogens is 2. The van der Waals surface area contributed by atoms with Crippen LogP contribution in [0.4, 0.5) is 0 Å². The van der Waals surface area contributed by atoms with Gasteiger partial charge in [0.1, 0.15) is 0 Å². The van der Waals surface area contributed by atoms with E-state index < -0.39 is 10.4 Å². The second kappa shape index (κ2) is 75.7. The lowest BCUT2D eigenvalue weighted by Crippen LogP contribution is -2.90. The van der Waals surface area contributed by atoms with Crippen molar-refractivity contribution >= 4 is 10.4 Å². The fourth-order valence-electron chi connectivity index (χ4n) is 11.8. The largest absolute Gasteiger partial charge is 0.759 e. The molecule has 6 N–H and O–H groups in total. The third kappa shape index (κ3) is 86.6. The minimum Gasteiger partial charge on any atom is -0.759 e. The average Bonchev–Trinajstić information content (AvgIpc) is 3.43. The molecule has 0 bridgehead atoms. The molecule has 0 unspecified atom stereocenters. The van der Waals surface area contributed by atoms with Gasteiger partial charge in [-0.25, -0.2) is 0 Å². The molecule has 0 rings (SSSR count). The Morgan fingerprint density at radius 1 is 0.253 bits per heavy atom. The van der Waals surface area contributed by atoms with Gasteiger partial charge in [0, 0.05) is 10.4 Å². The Morgan fingerprint density at radius 3 is 0.481 bits per heavy atom. The summed E-state index contributed by atoms with van der Waals surface area (Å²) in [5.74, 6) is 0. The minimum absolute atomic E-state index is 0.327. The molecule has 8 nitrogen and oxygen atoms in total. The number of hydrogen-bond donors (Lipinski definition) is 4. The molecule has 0 aliphatic carbocycles. The summed E-state index contributed by atoms with van der Waals surface area (Å²) in [7, 11) is -5.17. The number of rotatable bonds is 66. The quantitative estimate of drug-likeness (QED) is 0.0270. The van der Waals surface area contributed by atoms with Crippen molar-refractivity contribution in [2.75, 3.05) is 26.3 Å². The first-order chi connectivity index (χ1) is 38.7. The van der Waals surface area contributed by atoms with Crippen molar-refractivity contribution in [2.24, 2.45) is 0 Å². The highest BCUT2D eigenvalue weighted by molar-refractivity contribution is 7.79. The highest BCUT2D eigenvalue weighted by Crippen LogP contribution is 2.19. The van der Waals surface area contributed by atoms with Gasteiger partial charge in [0.25, 0.3) is 0 Å². The number of aliphatic hydroxyl groups is 2. The predicted octanol–water partition coefficient (Wildman–Crippen LogP) is 20.0. The minimum atomic E-state index is -5.17. The summed E-state index contributed by atoms with van der Waals surface area (Å²) < 4.78 is 34.1. The van der Waals surface area contributed by atoms with Crippen LogP contribution in [0.25, 0.3) is 0 Å². The van der Waals surface area contributed by atoms with Crippen molar-refractivity contribution < 1.29 is 38.4 Å². The molecular weight excluding hydrogens is 997 g/mol. The zero-order valence-electron chi connectivity index (χ0n) is 54.5. The molecule has 0 spiro atoms. The molecule has 0 saturated carbocycles. The van der Waals surface area contributed by atoms with Gasteiger partial charge in [-0.3, -0.25) is 8.42 Å². The Bertz CT molecular complexity index is 1000. The second-order valence-corrected chi connectivity index (χ2v) is 25.8. The molecule has 0 saturated heterocycles. The molecule has 0 aromatic heterocycles. The van der Waals surface area contributed by atoms with Crippen molar-refractivity contribution in [3.05, 3.63) is 0 Å². The normalized spacial score (nSPS) is 11.7. The maximum Gasteiger partial charge on any atom is 0.0992 e. The predicted molar refractivity (Wildman–Crippen MR) is 346 cm³/mol. The number of nitrogens with two attached hydrogens (primary N) is 2. The van der Waals surface area contributed by atoms with Crippen molar-refractivity contribution in [3.8, 4) is 0 Å². The molecule has 0 aromatic carbocycles. The lowest BCUT2D eigenvalue weighted by molar-refractivity contribution is -0.692. The molecule has 0 aliphatic heterocycles. The standard InChI is InChI=1S/2C35H73NO.H2O4S/c2*1-3-5-7-9-11-13-15-17-19-21-23-25-27-29-31-35(36-33-34-37)32-30-28-26-24-22-20-18-16-14-12-10-8-6-4-2;1-5(2,3)4/h2*35-37H,3-34H2,1-2H3;(H2,1,2,3,4). The van der Waals surface area contributed by atoms with Crippen LogP contribution in [0.5, 0.6) is 0 Å². The average molecular weight is 1150 g/mol. The van der Waals surface area contributed by atoms with Gasteiger partial charge in [0.2, 0.25) is 0 Å². The number of hydrogen-bond acceptors (Lipinski definition) is 6. The van der Waals surface area contributed by atoms with Gasteiger partial charge < -0.3 is 30.0 Å². The van der Waals surface area contributed by atoms with Crippen LogP contribution in [0.3, 0.4) is 0 Å². The highest BCUT2D eigenvalue weighted by atomic mass is 32.3. The Labute approximate surface area is 497 Å². The lowest BCUT2D eigenvalue weighted by Gasteiger charge is -2.15. The van der Waals surface area contributed by atoms with Crippen molar-refractivity contribution in [3.63, 3.8) is 0 Å². The van der Waals surface area contributed by atoms with Crippen molar-refractivity contribution in [1.82, 2.24) is 0 Å². The fraction of sp³-hybridized carbons (Fsp3) is 1.00. The van der Waals surface area contributed by atoms with Gasteiger partial charge in [-0.2, -0.15) is 0 Å². The van der Waals surface area contributed by atoms with E-state index in [1.54, 1.807) is 0 Å². The van der Waals surface area contributed by atoms with E-state index in [4.69, 9.17) is 17.5 Å². The molecule has 0 aliphatic rings. The summed E-state index contributed by atoms with van der Waals surface area (Å²) in [5, 5.41) is 23.4. The first kappa shape index (κ1) is 82.9. The van der Waals surface area contributed by atoms with Crippen molar-refractivity contribution in [1.29, 1.82) is 0 Å². The molecule has 0 radical (unpaired) electrons. The third-order valence-electron chi connectivity index (χ3n) is 17.0. The van der Waals surface area contributed by atoms with E-state index in [1.165, 1.54) is 385 Å². The molecule has 9 heteroatoms. The van der Waals surface area contributed by atoms with E-state index in [0.717, 1.165) is 25.2 Å². The van der Waals surface area contributed by atoms with Crippen LogP contribution in [0, 0.1) is 0 Å². The topological polar surface area (TPSA) is 154 Å². The maximum absolute atomic E-state index is 9.27. The van der Waals surface area contributed by atoms with Crippen LogP contribution < -0.4 is 10.6 Å². The molecule has 480 valence electrons. The van der Waals surface area contributed by atoms with Crippen LogP contribution in [-0.4, -0.2) is 66.1 Å². The van der Waals surface area contributed by atoms with Gasteiger partial charge in [-0.1, -0.05) is 362 Å². The molecule has 79 heavy (non-hydrogen) atoms. The highest BCUT2D eigenvalue weighted by Gasteiger charge is 2.12. The van der Waals surface area contributed by atoms with Gasteiger partial charge in [0.05, 0.1) is 38.4 Å². The van der Waals surface area contributed by atoms with Crippen LogP contribution >= 0.6 is 0 Å². The Hall–Kier alpha value is -0.290. The third-order valence-corrected chi connectivity index (χ3v) is 17.0. The Balaban J connectivity index is -0.00000134. The van der Waals surface area contributed by atoms with E-state index in [1.807, 2.05) is 0 Å². The van der Waals surface area contributed by atoms with Crippen LogP contribution in [-0.2, 0) is 10.4 Å². The lowest BCUT2D eigenvalue weighted by atomic mass is 9.99. The molecule has 0 aromatic rings. The van der Waals surface area contributed by atoms with E-state index in [2.05, 4.69) is 38.3 Å². The van der Waals surface area contributed by atoms with Gasteiger partial charge in [0.15, 0.2) is 0 Å². The molecule has 0 amide bonds. The van der Waals surface area contributed by atoms with E-state index in [0.29, 0.717) is 13.2 Å². The summed E-state index contributed by atoms with van der Waals surface area (Å²) in [6.45, 7) is 11.6. The Morgan fingerprint density at radius 2 is 0.367 bits per heavy atom. The molecular formula is C70H148N2O6S. The van der Waals surface area contributed by atoms with Crippen LogP contribution in [0.15, 0.2) is 0 Å². The molecule has 0 atom stereocenters. The maximum atomic E-state index is 9.27. The second-order valence-electron chi connectivity index (χ2n) is 25.0. The SMILES string of the molecule is CCCCCCCCCCCCCCCCC(CCCCCCCCCCCCCCCC)[NH2+]CCO.CCCCCCCCCCCCCCCCC(CCCCCCCCCCCCCCCC)[NH2+]CCO.O=S(=O)([O-])[O-]. The first-order valence-corrected chi connectivity index (χ1v) is 37.6. The van der Waals surface area contributed by atoms with Gasteiger partial charge in [-0.15, -0.1) is 0 Å². The van der Waals surface area contributed by atoms with Gasteiger partial charge >= 0.3 is 0 Å². The smallest absolute Gasteiger partial charge is 0.0992 e. The summed E-state index contributed by atoms with van der Waals surface area (Å²) in [5.41, 5.74) is 0. The zero-order valence-corrected chi connectivity index (χ0v) is 55.3. The van der Waals surface area contributed by atoms with Crippen molar-refractivity contribution in [2.45, 2.75) is 425 Å². The van der Waals surface area contributed by atoms with Crippen LogP contribution in [0.1, 0.15) is 413 Å². The zero-order chi connectivity index (χ0) is 58.3. The van der Waals surface area contributed by atoms with Gasteiger partial charge in [-0.05, 0) is 51.4 Å². The summed E-state index contributed by atoms with van der Waals surface area (Å²) in [4.78, 5) is 0. The Kier molecular flexibility index (Phi) is 79.5. The van der Waals surface area contributed by atoms with E-state index in [-0.39, 0.29) is 0 Å². The number of unbranched alkanes of at least 4 members (excludes halogenated alkanes) is 52. The summed E-state index contributed by atoms with van der Waals surface area (Å²) >= 11 is 0. The summed E-state index contributed by atoms with van der Waals surface area (Å²) in [6, 6.07) is 1.50. The first-order valence-electron chi connectivity index (χ1n) is 36.2. The van der Waals surface area contributed by atoms with Crippen LogP contribution in [0.2, 0.25) is 0 Å². The summed E-state index contributed by atoms with van der Waals surface area (Å²) in [6.07, 6.45) is 86.1. The molecule has 0 fully saturated rings. The monoisotopic (exact) mass is 1150 g/mol. The fourth-order valence-corrected chi connectivity index (χ4v) is 11.8. The number of aliphatic hydroxyl groups excluding tert-OH is 2. The van der Waals surface area contributed by atoms with E-state index in [9.17, 15) is 10.2 Å². The van der Waals surface area contributed by atoms with E-state index >= 15 is 0 Å².